The maximum absolute atomic E-state index is 11.9. The standard InChI is InChI=1S/C16H22O5/c1-16(2,3)21-13(17)10-12(14(18)15(19)20)9-11-7-5-4-6-8-11/h4-8,12,14,18H,9-10H2,1-3H3,(H,19,20)/t12-,14+/m0/s1. The molecule has 5 nitrogen and oxygen atoms in total. The van der Waals surface area contributed by atoms with Gasteiger partial charge in [0, 0.05) is 5.92 Å². The third-order valence-corrected chi connectivity index (χ3v) is 2.89. The van der Waals surface area contributed by atoms with Crippen molar-refractivity contribution in [3.63, 3.8) is 0 Å². The van der Waals surface area contributed by atoms with Crippen molar-refractivity contribution in [2.24, 2.45) is 5.92 Å². The lowest BCUT2D eigenvalue weighted by Crippen LogP contribution is -2.34. The number of aliphatic carboxylic acids is 1. The smallest absolute Gasteiger partial charge is 0.332 e. The Hall–Kier alpha value is -1.88. The average Bonchev–Trinajstić information content (AvgIpc) is 2.36. The van der Waals surface area contributed by atoms with Crippen molar-refractivity contribution in [2.75, 3.05) is 0 Å². The lowest BCUT2D eigenvalue weighted by atomic mass is 9.91. The SMILES string of the molecule is CC(C)(C)OC(=O)C[C@H](Cc1ccccc1)[C@@H](O)C(=O)O. The van der Waals surface area contributed by atoms with Gasteiger partial charge in [-0.3, -0.25) is 4.79 Å². The van der Waals surface area contributed by atoms with Crippen molar-refractivity contribution in [1.82, 2.24) is 0 Å². The molecule has 2 N–H and O–H groups in total. The monoisotopic (exact) mass is 294 g/mol. The number of rotatable bonds is 6. The van der Waals surface area contributed by atoms with Crippen molar-refractivity contribution in [2.45, 2.75) is 45.3 Å². The number of aliphatic hydroxyl groups is 1. The molecule has 0 amide bonds. The first kappa shape index (κ1) is 17.2. The van der Waals surface area contributed by atoms with Crippen molar-refractivity contribution in [3.8, 4) is 0 Å². The molecule has 0 aliphatic carbocycles. The third-order valence-electron chi connectivity index (χ3n) is 2.89. The minimum absolute atomic E-state index is 0.139. The summed E-state index contributed by atoms with van der Waals surface area (Å²) in [5, 5.41) is 18.8. The molecule has 5 heteroatoms. The Morgan fingerprint density at radius 3 is 2.24 bits per heavy atom. The highest BCUT2D eigenvalue weighted by molar-refractivity contribution is 5.75. The van der Waals surface area contributed by atoms with Crippen LogP contribution in [0.15, 0.2) is 30.3 Å². The van der Waals surface area contributed by atoms with Crippen LogP contribution < -0.4 is 0 Å². The molecule has 116 valence electrons. The van der Waals surface area contributed by atoms with Gasteiger partial charge in [-0.1, -0.05) is 30.3 Å². The Balaban J connectivity index is 2.78. The van der Waals surface area contributed by atoms with Gasteiger partial charge >= 0.3 is 11.9 Å². The molecule has 21 heavy (non-hydrogen) atoms. The predicted octanol–water partition coefficient (Wildman–Crippen LogP) is 2.02. The highest BCUT2D eigenvalue weighted by Gasteiger charge is 2.30. The van der Waals surface area contributed by atoms with E-state index in [1.165, 1.54) is 0 Å². The summed E-state index contributed by atoms with van der Waals surface area (Å²) < 4.78 is 5.19. The summed E-state index contributed by atoms with van der Waals surface area (Å²) in [5.41, 5.74) is 0.231. The Morgan fingerprint density at radius 1 is 1.19 bits per heavy atom. The van der Waals surface area contributed by atoms with Crippen LogP contribution in [0.2, 0.25) is 0 Å². The van der Waals surface area contributed by atoms with Gasteiger partial charge in [0.1, 0.15) is 5.60 Å². The summed E-state index contributed by atoms with van der Waals surface area (Å²) in [4.78, 5) is 22.9. The molecule has 1 aromatic rings. The van der Waals surface area contributed by atoms with E-state index in [1.54, 1.807) is 20.8 Å². The van der Waals surface area contributed by atoms with E-state index in [1.807, 2.05) is 30.3 Å². The third kappa shape index (κ3) is 6.40. The van der Waals surface area contributed by atoms with Crippen LogP contribution in [0, 0.1) is 5.92 Å². The second-order valence-corrected chi connectivity index (χ2v) is 6.02. The van der Waals surface area contributed by atoms with Crippen LogP contribution >= 0.6 is 0 Å². The molecule has 0 aromatic heterocycles. The molecule has 0 fully saturated rings. The number of carboxylic acid groups (broad SMARTS) is 1. The number of carbonyl (C=O) groups is 2. The van der Waals surface area contributed by atoms with Gasteiger partial charge in [-0.25, -0.2) is 4.79 Å². The number of esters is 1. The zero-order valence-corrected chi connectivity index (χ0v) is 12.6. The predicted molar refractivity (Wildman–Crippen MR) is 77.7 cm³/mol. The minimum atomic E-state index is -1.60. The summed E-state index contributed by atoms with van der Waals surface area (Å²) in [7, 11) is 0. The zero-order valence-electron chi connectivity index (χ0n) is 12.6. The van der Waals surface area contributed by atoms with Crippen LogP contribution in [0.3, 0.4) is 0 Å². The maximum Gasteiger partial charge on any atom is 0.332 e. The number of hydrogen-bond donors (Lipinski definition) is 2. The van der Waals surface area contributed by atoms with Crippen LogP contribution in [-0.2, 0) is 20.7 Å². The first-order valence-electron chi connectivity index (χ1n) is 6.85. The van der Waals surface area contributed by atoms with Crippen molar-refractivity contribution >= 4 is 11.9 Å². The van der Waals surface area contributed by atoms with Gasteiger partial charge in [0.2, 0.25) is 0 Å². The van der Waals surface area contributed by atoms with Crippen molar-refractivity contribution in [1.29, 1.82) is 0 Å². The molecule has 0 aliphatic heterocycles. The fourth-order valence-electron chi connectivity index (χ4n) is 2.01. The summed E-state index contributed by atoms with van der Waals surface area (Å²) in [6.07, 6.45) is -1.44. The average molecular weight is 294 g/mol. The first-order chi connectivity index (χ1) is 9.69. The van der Waals surface area contributed by atoms with E-state index in [9.17, 15) is 14.7 Å². The van der Waals surface area contributed by atoms with E-state index < -0.39 is 29.6 Å². The van der Waals surface area contributed by atoms with Gasteiger partial charge in [0.25, 0.3) is 0 Å². The van der Waals surface area contributed by atoms with E-state index in [4.69, 9.17) is 9.84 Å². The molecule has 1 rings (SSSR count). The van der Waals surface area contributed by atoms with E-state index in [-0.39, 0.29) is 6.42 Å². The molecule has 0 bridgehead atoms. The van der Waals surface area contributed by atoms with Crippen LogP contribution in [0.5, 0.6) is 0 Å². The molecule has 2 atom stereocenters. The van der Waals surface area contributed by atoms with E-state index in [0.717, 1.165) is 5.56 Å². The molecule has 0 radical (unpaired) electrons. The lowest BCUT2D eigenvalue weighted by molar-refractivity contribution is -0.159. The fourth-order valence-corrected chi connectivity index (χ4v) is 2.01. The number of carbonyl (C=O) groups excluding carboxylic acids is 1. The number of benzene rings is 1. The Kier molecular flexibility index (Phi) is 5.90. The number of aliphatic hydroxyl groups excluding tert-OH is 1. The minimum Gasteiger partial charge on any atom is -0.479 e. The first-order valence-corrected chi connectivity index (χ1v) is 6.85. The molecule has 0 spiro atoms. The van der Waals surface area contributed by atoms with Crippen molar-refractivity contribution < 1.29 is 24.5 Å². The van der Waals surface area contributed by atoms with Crippen LogP contribution in [-0.4, -0.2) is 33.9 Å². The van der Waals surface area contributed by atoms with E-state index >= 15 is 0 Å². The molecule has 0 aliphatic rings. The van der Waals surface area contributed by atoms with Gasteiger partial charge in [-0.15, -0.1) is 0 Å². The Morgan fingerprint density at radius 2 is 1.76 bits per heavy atom. The summed E-state index contributed by atoms with van der Waals surface area (Å²) >= 11 is 0. The molecule has 0 saturated carbocycles. The van der Waals surface area contributed by atoms with Crippen LogP contribution in [0.4, 0.5) is 0 Å². The second kappa shape index (κ2) is 7.22. The Labute approximate surface area is 124 Å². The second-order valence-electron chi connectivity index (χ2n) is 6.02. The quantitative estimate of drug-likeness (QED) is 0.784. The van der Waals surface area contributed by atoms with E-state index in [0.29, 0.717) is 6.42 Å². The number of carboxylic acids is 1. The van der Waals surface area contributed by atoms with Crippen LogP contribution in [0.1, 0.15) is 32.8 Å². The summed E-state index contributed by atoms with van der Waals surface area (Å²) in [5.74, 6) is -2.57. The molecular formula is C16H22O5. The highest BCUT2D eigenvalue weighted by atomic mass is 16.6. The van der Waals surface area contributed by atoms with Gasteiger partial charge in [0.15, 0.2) is 6.10 Å². The molecule has 0 unspecified atom stereocenters. The summed E-state index contributed by atoms with van der Waals surface area (Å²) in [6, 6.07) is 9.16. The largest absolute Gasteiger partial charge is 0.479 e. The maximum atomic E-state index is 11.9. The van der Waals surface area contributed by atoms with Crippen molar-refractivity contribution in [3.05, 3.63) is 35.9 Å². The summed E-state index contributed by atoms with van der Waals surface area (Å²) in [6.45, 7) is 5.22. The van der Waals surface area contributed by atoms with E-state index in [2.05, 4.69) is 0 Å². The topological polar surface area (TPSA) is 83.8 Å². The molecular weight excluding hydrogens is 272 g/mol. The highest BCUT2D eigenvalue weighted by Crippen LogP contribution is 2.19. The molecule has 0 saturated heterocycles. The van der Waals surface area contributed by atoms with Gasteiger partial charge < -0.3 is 14.9 Å². The van der Waals surface area contributed by atoms with Gasteiger partial charge in [-0.05, 0) is 32.8 Å². The van der Waals surface area contributed by atoms with Gasteiger partial charge in [0.05, 0.1) is 6.42 Å². The zero-order chi connectivity index (χ0) is 16.0. The molecule has 0 heterocycles. The molecule has 1 aromatic carbocycles. The lowest BCUT2D eigenvalue weighted by Gasteiger charge is -2.23. The fraction of sp³-hybridized carbons (Fsp3) is 0.500. The van der Waals surface area contributed by atoms with Crippen LogP contribution in [0.25, 0.3) is 0 Å². The number of ether oxygens (including phenoxy) is 1. The Bertz CT molecular complexity index is 475. The number of hydrogen-bond acceptors (Lipinski definition) is 4. The van der Waals surface area contributed by atoms with Gasteiger partial charge in [-0.2, -0.15) is 0 Å². The normalized spacial score (nSPS) is 14.3.